The highest BCUT2D eigenvalue weighted by atomic mass is 32.2. The van der Waals surface area contributed by atoms with Gasteiger partial charge in [-0.05, 0) is 23.6 Å². The van der Waals surface area contributed by atoms with Crippen LogP contribution in [0.5, 0.6) is 5.75 Å². The van der Waals surface area contributed by atoms with E-state index in [9.17, 15) is 23.3 Å². The molecule has 0 radical (unpaired) electrons. The van der Waals surface area contributed by atoms with Crippen LogP contribution in [0.1, 0.15) is 24.8 Å². The number of amides is 1. The van der Waals surface area contributed by atoms with Gasteiger partial charge in [0.05, 0.1) is 16.9 Å². The smallest absolute Gasteiger partial charge is 0.312 e. The molecule has 0 unspecified atom stereocenters. The second-order valence-electron chi connectivity index (χ2n) is 6.35. The van der Waals surface area contributed by atoms with Gasteiger partial charge in [0.2, 0.25) is 15.9 Å². The summed E-state index contributed by atoms with van der Waals surface area (Å²) >= 11 is 0. The zero-order valence-electron chi connectivity index (χ0n) is 16.1. The van der Waals surface area contributed by atoms with E-state index in [1.165, 1.54) is 19.2 Å². The summed E-state index contributed by atoms with van der Waals surface area (Å²) in [5, 5.41) is 13.8. The second-order valence-corrected chi connectivity index (χ2v) is 8.12. The van der Waals surface area contributed by atoms with Gasteiger partial charge in [-0.15, -0.1) is 0 Å². The third kappa shape index (κ3) is 6.26. The van der Waals surface area contributed by atoms with Gasteiger partial charge in [-0.3, -0.25) is 14.9 Å². The minimum Gasteiger partial charge on any atom is -0.490 e. The number of hydrogen-bond acceptors (Lipinski definition) is 6. The minimum absolute atomic E-state index is 0.0409. The predicted octanol–water partition coefficient (Wildman–Crippen LogP) is 2.19. The van der Waals surface area contributed by atoms with Gasteiger partial charge in [0.1, 0.15) is 0 Å². The Morgan fingerprint density at radius 1 is 1.21 bits per heavy atom. The predicted molar refractivity (Wildman–Crippen MR) is 107 cm³/mol. The Hall–Kier alpha value is -2.98. The first-order chi connectivity index (χ1) is 13.7. The lowest BCUT2D eigenvalue weighted by Crippen LogP contribution is -2.32. The number of carbonyl (C=O) groups is 1. The fourth-order valence-electron chi connectivity index (χ4n) is 2.62. The van der Waals surface area contributed by atoms with E-state index in [2.05, 4.69) is 10.0 Å². The molecule has 0 aliphatic rings. The molecule has 0 aliphatic carbocycles. The molecule has 156 valence electrons. The maximum Gasteiger partial charge on any atom is 0.312 e. The van der Waals surface area contributed by atoms with E-state index in [0.29, 0.717) is 6.54 Å². The molecule has 2 aromatic rings. The summed E-state index contributed by atoms with van der Waals surface area (Å²) in [4.78, 5) is 22.0. The number of carbonyl (C=O) groups excluding carboxylic acids is 1. The SMILES string of the molecule is COc1ccc(S(=O)(=O)NCCC(=O)NC[C@H](C)c2ccccc2)cc1[N+](=O)[O-]. The van der Waals surface area contributed by atoms with E-state index in [-0.39, 0.29) is 35.4 Å². The molecule has 0 aliphatic heterocycles. The molecule has 0 saturated carbocycles. The van der Waals surface area contributed by atoms with E-state index in [0.717, 1.165) is 11.6 Å². The average Bonchev–Trinajstić information content (AvgIpc) is 2.71. The molecule has 2 N–H and O–H groups in total. The molecule has 29 heavy (non-hydrogen) atoms. The molecular weight excluding hydrogens is 398 g/mol. The number of nitrogens with one attached hydrogen (secondary N) is 2. The number of benzene rings is 2. The first-order valence-electron chi connectivity index (χ1n) is 8.88. The summed E-state index contributed by atoms with van der Waals surface area (Å²) in [7, 11) is -2.75. The third-order valence-electron chi connectivity index (χ3n) is 4.28. The Morgan fingerprint density at radius 2 is 1.90 bits per heavy atom. The van der Waals surface area contributed by atoms with Gasteiger partial charge in [0.25, 0.3) is 0 Å². The topological polar surface area (TPSA) is 128 Å². The van der Waals surface area contributed by atoms with Crippen LogP contribution in [0.15, 0.2) is 53.4 Å². The Balaban J connectivity index is 1.88. The van der Waals surface area contributed by atoms with Crippen molar-refractivity contribution in [2.45, 2.75) is 24.2 Å². The lowest BCUT2D eigenvalue weighted by Gasteiger charge is -2.13. The van der Waals surface area contributed by atoms with E-state index in [4.69, 9.17) is 4.74 Å². The first-order valence-corrected chi connectivity index (χ1v) is 10.4. The van der Waals surface area contributed by atoms with Gasteiger partial charge in [-0.1, -0.05) is 37.3 Å². The lowest BCUT2D eigenvalue weighted by atomic mass is 10.0. The average molecular weight is 421 g/mol. The van der Waals surface area contributed by atoms with E-state index in [1.807, 2.05) is 37.3 Å². The number of hydrogen-bond donors (Lipinski definition) is 2. The van der Waals surface area contributed by atoms with Crippen LogP contribution in [0.25, 0.3) is 0 Å². The van der Waals surface area contributed by atoms with Crippen molar-refractivity contribution in [2.24, 2.45) is 0 Å². The van der Waals surface area contributed by atoms with E-state index < -0.39 is 20.6 Å². The van der Waals surface area contributed by atoms with Gasteiger partial charge in [-0.25, -0.2) is 13.1 Å². The standard InChI is InChI=1S/C19H23N3O6S/c1-14(15-6-4-3-5-7-15)13-20-19(23)10-11-21-29(26,27)16-8-9-18(28-2)17(12-16)22(24)25/h3-9,12,14,21H,10-11,13H2,1-2H3,(H,20,23)/t14-/m0/s1. The van der Waals surface area contributed by atoms with Crippen LogP contribution < -0.4 is 14.8 Å². The molecule has 2 rings (SSSR count). The zero-order chi connectivity index (χ0) is 21.4. The van der Waals surface area contributed by atoms with Crippen molar-refractivity contribution < 1.29 is 22.9 Å². The number of ether oxygens (including phenoxy) is 1. The highest BCUT2D eigenvalue weighted by Crippen LogP contribution is 2.29. The van der Waals surface area contributed by atoms with Crippen LogP contribution in [0, 0.1) is 10.1 Å². The summed E-state index contributed by atoms with van der Waals surface area (Å²) < 4.78 is 31.8. The van der Waals surface area contributed by atoms with Crippen molar-refractivity contribution in [1.82, 2.24) is 10.0 Å². The van der Waals surface area contributed by atoms with Gasteiger partial charge < -0.3 is 10.1 Å². The summed E-state index contributed by atoms with van der Waals surface area (Å²) in [5.41, 5.74) is 0.637. The molecule has 0 saturated heterocycles. The van der Waals surface area contributed by atoms with Crippen LogP contribution in [-0.4, -0.2) is 39.4 Å². The Bertz CT molecular complexity index is 963. The van der Waals surface area contributed by atoms with Crippen LogP contribution >= 0.6 is 0 Å². The molecule has 10 heteroatoms. The minimum atomic E-state index is -4.00. The summed E-state index contributed by atoms with van der Waals surface area (Å²) in [6.07, 6.45) is -0.0566. The van der Waals surface area contributed by atoms with E-state index in [1.54, 1.807) is 0 Å². The van der Waals surface area contributed by atoms with Crippen molar-refractivity contribution in [1.29, 1.82) is 0 Å². The highest BCUT2D eigenvalue weighted by Gasteiger charge is 2.22. The maximum atomic E-state index is 12.3. The first kappa shape index (κ1) is 22.3. The molecule has 0 fully saturated rings. The number of rotatable bonds is 10. The molecular formula is C19H23N3O6S. The molecule has 0 bridgehead atoms. The highest BCUT2D eigenvalue weighted by molar-refractivity contribution is 7.89. The fourth-order valence-corrected chi connectivity index (χ4v) is 3.67. The maximum absolute atomic E-state index is 12.3. The number of nitro groups is 1. The van der Waals surface area contributed by atoms with Crippen molar-refractivity contribution in [3.05, 3.63) is 64.2 Å². The third-order valence-corrected chi connectivity index (χ3v) is 5.73. The molecule has 0 aromatic heterocycles. The monoisotopic (exact) mass is 421 g/mol. The molecule has 1 atom stereocenters. The quantitative estimate of drug-likeness (QED) is 0.447. The van der Waals surface area contributed by atoms with Crippen molar-refractivity contribution in [3.8, 4) is 5.75 Å². The van der Waals surface area contributed by atoms with Crippen LogP contribution in [0.2, 0.25) is 0 Å². The van der Waals surface area contributed by atoms with Gasteiger partial charge in [0, 0.05) is 25.6 Å². The zero-order valence-corrected chi connectivity index (χ0v) is 16.9. The van der Waals surface area contributed by atoms with Crippen LogP contribution in [0.3, 0.4) is 0 Å². The second kappa shape index (κ2) is 9.99. The largest absolute Gasteiger partial charge is 0.490 e. The Morgan fingerprint density at radius 3 is 2.52 bits per heavy atom. The molecule has 0 spiro atoms. The number of methoxy groups -OCH3 is 1. The van der Waals surface area contributed by atoms with E-state index >= 15 is 0 Å². The summed E-state index contributed by atoms with van der Waals surface area (Å²) in [5.74, 6) is -0.214. The van der Waals surface area contributed by atoms with Gasteiger partial charge in [-0.2, -0.15) is 0 Å². The normalized spacial score (nSPS) is 12.2. The summed E-state index contributed by atoms with van der Waals surface area (Å²) in [6, 6.07) is 13.0. The Kier molecular flexibility index (Phi) is 7.68. The number of sulfonamides is 1. The van der Waals surface area contributed by atoms with Gasteiger partial charge in [0.15, 0.2) is 5.75 Å². The van der Waals surface area contributed by atoms with Crippen molar-refractivity contribution in [2.75, 3.05) is 20.2 Å². The van der Waals surface area contributed by atoms with Crippen LogP contribution in [0.4, 0.5) is 5.69 Å². The molecule has 0 heterocycles. The summed E-state index contributed by atoms with van der Waals surface area (Å²) in [6.45, 7) is 2.28. The number of nitro benzene ring substituents is 1. The molecule has 9 nitrogen and oxygen atoms in total. The Labute approximate surface area is 169 Å². The number of nitrogens with zero attached hydrogens (tertiary/aromatic N) is 1. The van der Waals surface area contributed by atoms with Gasteiger partial charge >= 0.3 is 5.69 Å². The lowest BCUT2D eigenvalue weighted by molar-refractivity contribution is -0.386. The fraction of sp³-hybridized carbons (Fsp3) is 0.316. The van der Waals surface area contributed by atoms with Crippen molar-refractivity contribution in [3.63, 3.8) is 0 Å². The molecule has 2 aromatic carbocycles. The van der Waals surface area contributed by atoms with Crippen molar-refractivity contribution >= 4 is 21.6 Å². The molecule has 1 amide bonds. The van der Waals surface area contributed by atoms with Crippen LogP contribution in [-0.2, 0) is 14.8 Å².